The molecule has 19 heavy (non-hydrogen) atoms. The quantitative estimate of drug-likeness (QED) is 0.864. The summed E-state index contributed by atoms with van der Waals surface area (Å²) in [6.07, 6.45) is 0.545. The zero-order valence-corrected chi connectivity index (χ0v) is 11.1. The fraction of sp³-hybridized carbons (Fsp3) is 0.250. The second kappa shape index (κ2) is 6.34. The fourth-order valence-corrected chi connectivity index (χ4v) is 2.03. The number of hydrogen-bond donors (Lipinski definition) is 2. The van der Waals surface area contributed by atoms with Crippen LogP contribution in [-0.4, -0.2) is 6.54 Å². The van der Waals surface area contributed by atoms with Crippen LogP contribution in [0, 0.1) is 12.7 Å². The Hall–Kier alpha value is -1.87. The van der Waals surface area contributed by atoms with E-state index in [1.807, 2.05) is 6.07 Å². The molecule has 0 unspecified atom stereocenters. The molecule has 0 bridgehead atoms. The van der Waals surface area contributed by atoms with Gasteiger partial charge in [0, 0.05) is 17.8 Å². The van der Waals surface area contributed by atoms with Gasteiger partial charge >= 0.3 is 0 Å². The molecule has 0 saturated carbocycles. The predicted octanol–water partition coefficient (Wildman–Crippen LogP) is 3.25. The molecule has 0 aliphatic heterocycles. The van der Waals surface area contributed by atoms with E-state index in [0.29, 0.717) is 25.1 Å². The molecule has 0 radical (unpaired) electrons. The van der Waals surface area contributed by atoms with Crippen molar-refractivity contribution in [3.8, 4) is 0 Å². The van der Waals surface area contributed by atoms with Crippen molar-refractivity contribution in [1.82, 2.24) is 0 Å². The highest BCUT2D eigenvalue weighted by atomic mass is 19.1. The van der Waals surface area contributed by atoms with Crippen LogP contribution < -0.4 is 11.1 Å². The third-order valence-electron chi connectivity index (χ3n) is 3.12. The van der Waals surface area contributed by atoms with Crippen molar-refractivity contribution in [3.63, 3.8) is 0 Å². The summed E-state index contributed by atoms with van der Waals surface area (Å²) in [4.78, 5) is 0. The Balaban J connectivity index is 2.10. The lowest BCUT2D eigenvalue weighted by molar-refractivity contribution is 0.610. The Morgan fingerprint density at radius 2 is 1.84 bits per heavy atom. The molecule has 0 atom stereocenters. The minimum Gasteiger partial charge on any atom is -0.381 e. The van der Waals surface area contributed by atoms with Gasteiger partial charge in [0.05, 0.1) is 0 Å². The van der Waals surface area contributed by atoms with Crippen LogP contribution in [0.5, 0.6) is 0 Å². The van der Waals surface area contributed by atoms with E-state index in [9.17, 15) is 4.39 Å². The molecule has 0 aromatic heterocycles. The van der Waals surface area contributed by atoms with Crippen molar-refractivity contribution in [2.24, 2.45) is 5.73 Å². The summed E-state index contributed by atoms with van der Waals surface area (Å²) in [7, 11) is 0. The Kier molecular flexibility index (Phi) is 4.53. The summed E-state index contributed by atoms with van der Waals surface area (Å²) in [6.45, 7) is 3.19. The summed E-state index contributed by atoms with van der Waals surface area (Å²) >= 11 is 0. The normalized spacial score (nSPS) is 10.5. The SMILES string of the molecule is Cc1ccc(CNc2cccc(F)c2CCN)cc1. The van der Waals surface area contributed by atoms with Crippen molar-refractivity contribution < 1.29 is 4.39 Å². The van der Waals surface area contributed by atoms with Crippen LogP contribution in [0.3, 0.4) is 0 Å². The molecular weight excluding hydrogens is 239 g/mol. The van der Waals surface area contributed by atoms with Gasteiger partial charge in [-0.1, -0.05) is 35.9 Å². The topological polar surface area (TPSA) is 38.0 Å². The van der Waals surface area contributed by atoms with Gasteiger partial charge in [-0.2, -0.15) is 0 Å². The maximum atomic E-state index is 13.7. The van der Waals surface area contributed by atoms with Crippen molar-refractivity contribution >= 4 is 5.69 Å². The largest absolute Gasteiger partial charge is 0.381 e. The summed E-state index contributed by atoms with van der Waals surface area (Å²) < 4.78 is 13.7. The standard InChI is InChI=1S/C16H19FN2/c1-12-5-7-13(8-6-12)11-19-16-4-2-3-15(17)14(16)9-10-18/h2-8,19H,9-11,18H2,1H3. The smallest absolute Gasteiger partial charge is 0.128 e. The summed E-state index contributed by atoms with van der Waals surface area (Å²) in [5.74, 6) is -0.195. The molecule has 100 valence electrons. The number of benzene rings is 2. The number of halogens is 1. The second-order valence-corrected chi connectivity index (χ2v) is 4.64. The van der Waals surface area contributed by atoms with E-state index in [-0.39, 0.29) is 5.82 Å². The van der Waals surface area contributed by atoms with Gasteiger partial charge in [-0.05, 0) is 37.6 Å². The molecule has 3 N–H and O–H groups in total. The van der Waals surface area contributed by atoms with Crippen LogP contribution in [0.25, 0.3) is 0 Å². The molecule has 0 spiro atoms. The first-order chi connectivity index (χ1) is 9.20. The van der Waals surface area contributed by atoms with Gasteiger partial charge in [0.1, 0.15) is 5.82 Å². The van der Waals surface area contributed by atoms with E-state index < -0.39 is 0 Å². The predicted molar refractivity (Wildman–Crippen MR) is 77.7 cm³/mol. The molecule has 2 aromatic rings. The van der Waals surface area contributed by atoms with E-state index in [4.69, 9.17) is 5.73 Å². The number of aryl methyl sites for hydroxylation is 1. The van der Waals surface area contributed by atoms with E-state index in [2.05, 4.69) is 36.5 Å². The lowest BCUT2D eigenvalue weighted by atomic mass is 10.1. The molecule has 0 fully saturated rings. The number of rotatable bonds is 5. The molecular formula is C16H19FN2. The Morgan fingerprint density at radius 1 is 1.11 bits per heavy atom. The highest BCUT2D eigenvalue weighted by Crippen LogP contribution is 2.20. The van der Waals surface area contributed by atoms with E-state index in [1.165, 1.54) is 17.2 Å². The first kappa shape index (κ1) is 13.6. The van der Waals surface area contributed by atoms with Crippen molar-refractivity contribution in [3.05, 3.63) is 65.0 Å². The maximum Gasteiger partial charge on any atom is 0.128 e. The van der Waals surface area contributed by atoms with Gasteiger partial charge in [-0.15, -0.1) is 0 Å². The fourth-order valence-electron chi connectivity index (χ4n) is 2.03. The summed E-state index contributed by atoms with van der Waals surface area (Å²) in [5.41, 5.74) is 9.43. The van der Waals surface area contributed by atoms with Gasteiger partial charge in [0.15, 0.2) is 0 Å². The Morgan fingerprint density at radius 3 is 2.53 bits per heavy atom. The molecule has 2 nitrogen and oxygen atoms in total. The zero-order chi connectivity index (χ0) is 13.7. The van der Waals surface area contributed by atoms with E-state index in [0.717, 1.165) is 5.69 Å². The zero-order valence-electron chi connectivity index (χ0n) is 11.1. The van der Waals surface area contributed by atoms with E-state index >= 15 is 0 Å². The number of hydrogen-bond acceptors (Lipinski definition) is 2. The Bertz CT molecular complexity index is 535. The van der Waals surface area contributed by atoms with Crippen LogP contribution >= 0.6 is 0 Å². The monoisotopic (exact) mass is 258 g/mol. The minimum atomic E-state index is -0.195. The van der Waals surface area contributed by atoms with Crippen molar-refractivity contribution in [1.29, 1.82) is 0 Å². The summed E-state index contributed by atoms with van der Waals surface area (Å²) in [6, 6.07) is 13.4. The van der Waals surface area contributed by atoms with Crippen LogP contribution in [0.2, 0.25) is 0 Å². The highest BCUT2D eigenvalue weighted by Gasteiger charge is 2.07. The lowest BCUT2D eigenvalue weighted by Gasteiger charge is -2.12. The van der Waals surface area contributed by atoms with Crippen LogP contribution in [0.15, 0.2) is 42.5 Å². The van der Waals surface area contributed by atoms with Gasteiger partial charge in [-0.25, -0.2) is 4.39 Å². The number of nitrogens with one attached hydrogen (secondary N) is 1. The third kappa shape index (κ3) is 3.55. The van der Waals surface area contributed by atoms with Crippen LogP contribution in [0.4, 0.5) is 10.1 Å². The Labute approximate surface area is 113 Å². The van der Waals surface area contributed by atoms with Gasteiger partial charge in [0.2, 0.25) is 0 Å². The number of anilines is 1. The van der Waals surface area contributed by atoms with E-state index in [1.54, 1.807) is 6.07 Å². The summed E-state index contributed by atoms with van der Waals surface area (Å²) in [5, 5.41) is 3.28. The third-order valence-corrected chi connectivity index (χ3v) is 3.12. The maximum absolute atomic E-state index is 13.7. The lowest BCUT2D eigenvalue weighted by Crippen LogP contribution is -2.09. The molecule has 2 rings (SSSR count). The first-order valence-corrected chi connectivity index (χ1v) is 6.47. The van der Waals surface area contributed by atoms with Crippen LogP contribution in [0.1, 0.15) is 16.7 Å². The molecule has 2 aromatic carbocycles. The van der Waals surface area contributed by atoms with Crippen molar-refractivity contribution in [2.75, 3.05) is 11.9 Å². The van der Waals surface area contributed by atoms with Crippen molar-refractivity contribution in [2.45, 2.75) is 19.9 Å². The molecule has 0 aliphatic carbocycles. The minimum absolute atomic E-state index is 0.195. The van der Waals surface area contributed by atoms with Crippen LogP contribution in [-0.2, 0) is 13.0 Å². The average Bonchev–Trinajstić information content (AvgIpc) is 2.41. The molecule has 0 heterocycles. The average molecular weight is 258 g/mol. The molecule has 0 aliphatic rings. The molecule has 3 heteroatoms. The molecule has 0 saturated heterocycles. The second-order valence-electron chi connectivity index (χ2n) is 4.64. The number of nitrogens with two attached hydrogens (primary N) is 1. The van der Waals surface area contributed by atoms with Gasteiger partial charge < -0.3 is 11.1 Å². The first-order valence-electron chi connectivity index (χ1n) is 6.47. The van der Waals surface area contributed by atoms with Gasteiger partial charge in [-0.3, -0.25) is 0 Å². The highest BCUT2D eigenvalue weighted by molar-refractivity contribution is 5.52. The van der Waals surface area contributed by atoms with Gasteiger partial charge in [0.25, 0.3) is 0 Å². The molecule has 0 amide bonds.